The lowest BCUT2D eigenvalue weighted by molar-refractivity contribution is 0.374. The second kappa shape index (κ2) is 6.52. The highest BCUT2D eigenvalue weighted by atomic mass is 32.2. The van der Waals surface area contributed by atoms with Crippen LogP contribution in [0.1, 0.15) is 43.6 Å². The van der Waals surface area contributed by atoms with Gasteiger partial charge >= 0.3 is 0 Å². The lowest BCUT2D eigenvalue weighted by Gasteiger charge is -2.24. The molecule has 1 aromatic carbocycles. The van der Waals surface area contributed by atoms with E-state index in [2.05, 4.69) is 16.8 Å². The van der Waals surface area contributed by atoms with Crippen molar-refractivity contribution in [1.29, 1.82) is 0 Å². The van der Waals surface area contributed by atoms with E-state index < -0.39 is 20.0 Å². The van der Waals surface area contributed by atoms with E-state index in [1.807, 2.05) is 4.90 Å². The summed E-state index contributed by atoms with van der Waals surface area (Å²) in [7, 11) is -8.07. The van der Waals surface area contributed by atoms with E-state index in [0.29, 0.717) is 23.3 Å². The van der Waals surface area contributed by atoms with E-state index in [0.717, 1.165) is 44.1 Å². The number of nitrogens with zero attached hydrogens (tertiary/aromatic N) is 2. The van der Waals surface area contributed by atoms with Crippen molar-refractivity contribution < 1.29 is 21.4 Å². The molecular weight excluding hydrogens is 428 g/mol. The molecule has 1 aromatic heterocycles. The molecule has 11 heteroatoms. The maximum atomic E-state index is 12.8. The Morgan fingerprint density at radius 1 is 1.27 bits per heavy atom. The van der Waals surface area contributed by atoms with Gasteiger partial charge in [-0.15, -0.1) is 0 Å². The molecule has 0 bridgehead atoms. The van der Waals surface area contributed by atoms with Crippen molar-refractivity contribution in [2.75, 3.05) is 18.0 Å². The molecule has 1 aliphatic heterocycles. The summed E-state index contributed by atoms with van der Waals surface area (Å²) < 4.78 is 57.6. The molecule has 3 N–H and O–H groups in total. The van der Waals surface area contributed by atoms with Crippen molar-refractivity contribution in [3.63, 3.8) is 0 Å². The van der Waals surface area contributed by atoms with Crippen LogP contribution < -0.4 is 14.8 Å². The van der Waals surface area contributed by atoms with Crippen molar-refractivity contribution in [1.82, 2.24) is 9.88 Å². The highest BCUT2D eigenvalue weighted by molar-refractivity contribution is 7.90. The summed E-state index contributed by atoms with van der Waals surface area (Å²) >= 11 is 0. The topological polar surface area (TPSA) is 136 Å². The van der Waals surface area contributed by atoms with Gasteiger partial charge in [-0.1, -0.05) is 12.1 Å². The van der Waals surface area contributed by atoms with Crippen LogP contribution in [-0.2, 0) is 26.6 Å². The van der Waals surface area contributed by atoms with E-state index in [9.17, 15) is 16.8 Å². The quantitative estimate of drug-likeness (QED) is 0.650. The van der Waals surface area contributed by atoms with Crippen molar-refractivity contribution >= 4 is 25.7 Å². The summed E-state index contributed by atoms with van der Waals surface area (Å²) in [6, 6.07) is 5.82. The third kappa shape index (κ3) is 3.64. The number of primary sulfonamides is 1. The van der Waals surface area contributed by atoms with E-state index in [1.165, 1.54) is 12.1 Å². The number of nitrogens with two attached hydrogens (primary N) is 1. The van der Waals surface area contributed by atoms with Gasteiger partial charge < -0.3 is 9.42 Å². The van der Waals surface area contributed by atoms with Crippen molar-refractivity contribution in [2.24, 2.45) is 16.5 Å². The van der Waals surface area contributed by atoms with Gasteiger partial charge in [0.1, 0.15) is 4.90 Å². The largest absolute Gasteiger partial charge is 0.370 e. The van der Waals surface area contributed by atoms with Crippen LogP contribution in [0.4, 0.5) is 5.69 Å². The SMILES string of the molecule is C[C@]12C[C@H]1CN(c1ccc(S(=O)(=O)NCc3cc(C4CC4)no3)cc1S(N)(=O)=O)C2. The van der Waals surface area contributed by atoms with Crippen LogP contribution in [0, 0.1) is 11.3 Å². The monoisotopic (exact) mass is 452 g/mol. The third-order valence-electron chi connectivity index (χ3n) is 6.43. The number of hydrogen-bond acceptors (Lipinski definition) is 7. The van der Waals surface area contributed by atoms with Gasteiger partial charge in [-0.2, -0.15) is 0 Å². The molecule has 2 aliphatic carbocycles. The molecule has 0 unspecified atom stereocenters. The van der Waals surface area contributed by atoms with Crippen LogP contribution in [0.5, 0.6) is 0 Å². The Hall–Kier alpha value is -1.95. The predicted octanol–water partition coefficient (Wildman–Crippen LogP) is 1.52. The van der Waals surface area contributed by atoms with Gasteiger partial charge in [0.2, 0.25) is 20.0 Å². The molecule has 9 nitrogen and oxygen atoms in total. The Kier molecular flexibility index (Phi) is 4.34. The van der Waals surface area contributed by atoms with Gasteiger partial charge in [0.25, 0.3) is 0 Å². The maximum Gasteiger partial charge on any atom is 0.241 e. The molecule has 2 saturated carbocycles. The lowest BCUT2D eigenvalue weighted by atomic mass is 10.1. The number of anilines is 1. The summed E-state index contributed by atoms with van der Waals surface area (Å²) in [4.78, 5) is 1.64. The highest BCUT2D eigenvalue weighted by Crippen LogP contribution is 2.58. The van der Waals surface area contributed by atoms with Gasteiger partial charge in [0.05, 0.1) is 22.8 Å². The predicted molar refractivity (Wildman–Crippen MR) is 109 cm³/mol. The minimum absolute atomic E-state index is 0.0688. The lowest BCUT2D eigenvalue weighted by Crippen LogP contribution is -2.28. The van der Waals surface area contributed by atoms with Crippen LogP contribution in [0.25, 0.3) is 0 Å². The summed E-state index contributed by atoms with van der Waals surface area (Å²) in [5.41, 5.74) is 1.50. The molecule has 2 aromatic rings. The molecule has 162 valence electrons. The molecule has 30 heavy (non-hydrogen) atoms. The molecule has 2 heterocycles. The van der Waals surface area contributed by atoms with Crippen LogP contribution >= 0.6 is 0 Å². The average molecular weight is 453 g/mol. The minimum atomic E-state index is -4.10. The fourth-order valence-electron chi connectivity index (χ4n) is 4.32. The Morgan fingerprint density at radius 2 is 2.03 bits per heavy atom. The fourth-order valence-corrected chi connectivity index (χ4v) is 6.19. The number of nitrogens with one attached hydrogen (secondary N) is 1. The molecule has 1 saturated heterocycles. The number of sulfonamides is 2. The number of rotatable bonds is 7. The molecule has 0 amide bonds. The first-order valence-corrected chi connectivity index (χ1v) is 13.0. The molecule has 5 rings (SSSR count). The zero-order valence-electron chi connectivity index (χ0n) is 16.5. The molecule has 3 fully saturated rings. The van der Waals surface area contributed by atoms with Crippen LogP contribution in [-0.4, -0.2) is 35.1 Å². The third-order valence-corrected chi connectivity index (χ3v) is 8.77. The second-order valence-corrected chi connectivity index (χ2v) is 12.2. The molecular formula is C19H24N4O5S2. The number of hydrogen-bond donors (Lipinski definition) is 2. The summed E-state index contributed by atoms with van der Waals surface area (Å²) in [6.07, 6.45) is 3.27. The Bertz CT molecular complexity index is 1220. The van der Waals surface area contributed by atoms with Gasteiger partial charge in [-0.3, -0.25) is 0 Å². The first-order valence-electron chi connectivity index (χ1n) is 9.92. The number of fused-ring (bicyclic) bond motifs is 1. The normalized spacial score (nSPS) is 26.1. The standard InChI is InChI=1S/C19H24N4O5S2/c1-19-8-13(19)10-23(11-19)17-5-4-15(7-18(17)29(20,24)25)30(26,27)21-9-14-6-16(22-28-14)12-2-3-12/h4-7,12-13,21H,2-3,8-11H2,1H3,(H2,20,24,25)/t13-,19+/m0/s1. The number of benzene rings is 1. The minimum Gasteiger partial charge on any atom is -0.370 e. The first kappa shape index (κ1) is 20.0. The maximum absolute atomic E-state index is 12.8. The molecule has 2 atom stereocenters. The van der Waals surface area contributed by atoms with Gasteiger partial charge in [-0.05, 0) is 48.8 Å². The van der Waals surface area contributed by atoms with E-state index in [1.54, 1.807) is 6.07 Å². The van der Waals surface area contributed by atoms with E-state index in [-0.39, 0.29) is 21.8 Å². The molecule has 0 radical (unpaired) electrons. The summed E-state index contributed by atoms with van der Waals surface area (Å²) in [5.74, 6) is 1.36. The summed E-state index contributed by atoms with van der Waals surface area (Å²) in [5, 5.41) is 9.38. The van der Waals surface area contributed by atoms with Gasteiger partial charge in [-0.25, -0.2) is 26.7 Å². The van der Waals surface area contributed by atoms with Crippen molar-refractivity contribution in [2.45, 2.75) is 48.4 Å². The molecule has 0 spiro atoms. The van der Waals surface area contributed by atoms with Crippen molar-refractivity contribution in [3.05, 3.63) is 35.7 Å². The zero-order valence-corrected chi connectivity index (χ0v) is 18.2. The Balaban J connectivity index is 1.38. The van der Waals surface area contributed by atoms with Crippen LogP contribution in [0.2, 0.25) is 0 Å². The molecule has 3 aliphatic rings. The average Bonchev–Trinajstić information content (AvgIpc) is 3.55. The first-order chi connectivity index (χ1) is 14.1. The number of piperidine rings is 1. The smallest absolute Gasteiger partial charge is 0.241 e. The fraction of sp³-hybridized carbons (Fsp3) is 0.526. The second-order valence-electron chi connectivity index (χ2n) is 8.93. The zero-order chi connectivity index (χ0) is 21.3. The van der Waals surface area contributed by atoms with Gasteiger partial charge in [0.15, 0.2) is 5.76 Å². The summed E-state index contributed by atoms with van der Waals surface area (Å²) in [6.45, 7) is 3.59. The van der Waals surface area contributed by atoms with Crippen LogP contribution in [0.15, 0.2) is 38.6 Å². The van der Waals surface area contributed by atoms with E-state index >= 15 is 0 Å². The number of aromatic nitrogens is 1. The Morgan fingerprint density at radius 3 is 2.67 bits per heavy atom. The van der Waals surface area contributed by atoms with Crippen molar-refractivity contribution in [3.8, 4) is 0 Å². The highest BCUT2D eigenvalue weighted by Gasteiger charge is 2.56. The van der Waals surface area contributed by atoms with Gasteiger partial charge in [0, 0.05) is 25.1 Å². The van der Waals surface area contributed by atoms with E-state index in [4.69, 9.17) is 9.66 Å². The Labute approximate surface area is 175 Å². The van der Waals surface area contributed by atoms with Crippen LogP contribution in [0.3, 0.4) is 0 Å².